The van der Waals surface area contributed by atoms with Gasteiger partial charge in [0.25, 0.3) is 0 Å². The molecular formula is C14H19ClN2. The molecular weight excluding hydrogens is 232 g/mol. The van der Waals surface area contributed by atoms with Crippen LogP contribution in [0.15, 0.2) is 18.2 Å². The zero-order chi connectivity index (χ0) is 11.8. The molecule has 2 atom stereocenters. The lowest BCUT2D eigenvalue weighted by atomic mass is 10.1. The summed E-state index contributed by atoms with van der Waals surface area (Å²) in [5.41, 5.74) is 2.94. The van der Waals surface area contributed by atoms with E-state index < -0.39 is 0 Å². The Hall–Kier alpha value is -0.570. The maximum absolute atomic E-state index is 6.06. The van der Waals surface area contributed by atoms with Crippen molar-refractivity contribution in [1.82, 2.24) is 10.2 Å². The summed E-state index contributed by atoms with van der Waals surface area (Å²) >= 11 is 6.06. The van der Waals surface area contributed by atoms with Crippen molar-refractivity contribution < 1.29 is 0 Å². The minimum absolute atomic E-state index is 0.621. The molecule has 0 saturated carbocycles. The van der Waals surface area contributed by atoms with Gasteiger partial charge >= 0.3 is 0 Å². The molecule has 92 valence electrons. The molecule has 0 unspecified atom stereocenters. The fraction of sp³-hybridized carbons (Fsp3) is 0.571. The fourth-order valence-electron chi connectivity index (χ4n) is 3.12. The van der Waals surface area contributed by atoms with Crippen LogP contribution >= 0.6 is 11.6 Å². The van der Waals surface area contributed by atoms with Crippen LogP contribution in [0.2, 0.25) is 5.02 Å². The van der Waals surface area contributed by atoms with Gasteiger partial charge in [-0.05, 0) is 43.0 Å². The first-order valence-electron chi connectivity index (χ1n) is 6.47. The highest BCUT2D eigenvalue weighted by atomic mass is 35.5. The number of benzene rings is 1. The third kappa shape index (κ3) is 2.35. The van der Waals surface area contributed by atoms with E-state index in [-0.39, 0.29) is 0 Å². The second-order valence-electron chi connectivity index (χ2n) is 5.33. The summed E-state index contributed by atoms with van der Waals surface area (Å²) in [6, 6.07) is 7.67. The van der Waals surface area contributed by atoms with Gasteiger partial charge in [-0.15, -0.1) is 0 Å². The van der Waals surface area contributed by atoms with Gasteiger partial charge in [-0.3, -0.25) is 4.90 Å². The van der Waals surface area contributed by atoms with E-state index in [1.807, 2.05) is 6.07 Å². The van der Waals surface area contributed by atoms with Crippen LogP contribution in [-0.2, 0) is 12.8 Å². The largest absolute Gasteiger partial charge is 0.312 e. The van der Waals surface area contributed by atoms with Crippen LogP contribution in [0.25, 0.3) is 0 Å². The summed E-state index contributed by atoms with van der Waals surface area (Å²) in [6.45, 7) is 5.74. The van der Waals surface area contributed by atoms with Crippen molar-refractivity contribution in [2.45, 2.75) is 31.8 Å². The molecule has 2 aliphatic rings. The van der Waals surface area contributed by atoms with Gasteiger partial charge in [-0.1, -0.05) is 17.7 Å². The van der Waals surface area contributed by atoms with E-state index in [0.29, 0.717) is 12.1 Å². The van der Waals surface area contributed by atoms with Crippen LogP contribution in [0.1, 0.15) is 18.1 Å². The molecule has 0 aromatic heterocycles. The summed E-state index contributed by atoms with van der Waals surface area (Å²) in [4.78, 5) is 2.63. The number of hydrogen-bond donors (Lipinski definition) is 1. The topological polar surface area (TPSA) is 15.3 Å². The Morgan fingerprint density at radius 2 is 2.12 bits per heavy atom. The molecule has 3 rings (SSSR count). The molecule has 17 heavy (non-hydrogen) atoms. The Balaban J connectivity index is 1.73. The van der Waals surface area contributed by atoms with E-state index in [1.54, 1.807) is 0 Å². The van der Waals surface area contributed by atoms with Gasteiger partial charge in [-0.2, -0.15) is 0 Å². The molecule has 0 bridgehead atoms. The van der Waals surface area contributed by atoms with Gasteiger partial charge in [0.15, 0.2) is 0 Å². The van der Waals surface area contributed by atoms with Gasteiger partial charge in [0, 0.05) is 36.7 Å². The molecule has 1 heterocycles. The molecule has 0 amide bonds. The van der Waals surface area contributed by atoms with E-state index in [2.05, 4.69) is 29.3 Å². The Bertz CT molecular complexity index is 419. The number of rotatable bonds is 1. The molecule has 1 saturated heterocycles. The van der Waals surface area contributed by atoms with Crippen LogP contribution in [0.4, 0.5) is 0 Å². The van der Waals surface area contributed by atoms with Crippen molar-refractivity contribution >= 4 is 11.6 Å². The Morgan fingerprint density at radius 1 is 1.29 bits per heavy atom. The number of piperazine rings is 1. The lowest BCUT2D eigenvalue weighted by molar-refractivity contribution is 0.152. The van der Waals surface area contributed by atoms with E-state index in [0.717, 1.165) is 11.6 Å². The first kappa shape index (κ1) is 11.5. The zero-order valence-electron chi connectivity index (χ0n) is 10.2. The van der Waals surface area contributed by atoms with Gasteiger partial charge in [-0.25, -0.2) is 0 Å². The third-order valence-electron chi connectivity index (χ3n) is 4.00. The normalized spacial score (nSPS) is 29.3. The average Bonchev–Trinajstić information content (AvgIpc) is 2.72. The van der Waals surface area contributed by atoms with Crippen molar-refractivity contribution in [2.75, 3.05) is 19.6 Å². The maximum Gasteiger partial charge on any atom is 0.0408 e. The minimum atomic E-state index is 0.621. The summed E-state index contributed by atoms with van der Waals surface area (Å²) in [5, 5.41) is 4.38. The molecule has 0 radical (unpaired) electrons. The number of nitrogens with one attached hydrogen (secondary N) is 1. The summed E-state index contributed by atoms with van der Waals surface area (Å²) in [7, 11) is 0. The fourth-order valence-corrected chi connectivity index (χ4v) is 3.31. The summed E-state index contributed by atoms with van der Waals surface area (Å²) in [5.74, 6) is 0. The molecule has 1 aliphatic heterocycles. The van der Waals surface area contributed by atoms with Crippen molar-refractivity contribution in [2.24, 2.45) is 0 Å². The molecule has 1 N–H and O–H groups in total. The van der Waals surface area contributed by atoms with E-state index in [1.165, 1.54) is 37.1 Å². The second-order valence-corrected chi connectivity index (χ2v) is 5.76. The lowest BCUT2D eigenvalue weighted by Crippen LogP contribution is -2.53. The Morgan fingerprint density at radius 3 is 2.94 bits per heavy atom. The first-order valence-corrected chi connectivity index (χ1v) is 6.85. The number of halogens is 1. The highest BCUT2D eigenvalue weighted by molar-refractivity contribution is 6.30. The predicted octanol–water partition coefficient (Wildman–Crippen LogP) is 2.10. The van der Waals surface area contributed by atoms with Crippen LogP contribution in [0.5, 0.6) is 0 Å². The van der Waals surface area contributed by atoms with Crippen molar-refractivity contribution in [1.29, 1.82) is 0 Å². The molecule has 1 fully saturated rings. The summed E-state index contributed by atoms with van der Waals surface area (Å²) < 4.78 is 0. The molecule has 1 aromatic carbocycles. The van der Waals surface area contributed by atoms with Gasteiger partial charge in [0.1, 0.15) is 0 Å². The monoisotopic (exact) mass is 250 g/mol. The average molecular weight is 251 g/mol. The van der Waals surface area contributed by atoms with E-state index in [9.17, 15) is 0 Å². The van der Waals surface area contributed by atoms with E-state index in [4.69, 9.17) is 11.6 Å². The molecule has 2 nitrogen and oxygen atoms in total. The van der Waals surface area contributed by atoms with E-state index >= 15 is 0 Å². The summed E-state index contributed by atoms with van der Waals surface area (Å²) in [6.07, 6.45) is 2.36. The molecule has 1 aliphatic carbocycles. The lowest BCUT2D eigenvalue weighted by Gasteiger charge is -2.36. The van der Waals surface area contributed by atoms with Crippen LogP contribution in [-0.4, -0.2) is 36.6 Å². The van der Waals surface area contributed by atoms with Crippen LogP contribution in [0, 0.1) is 0 Å². The highest BCUT2D eigenvalue weighted by Gasteiger charge is 2.29. The quantitative estimate of drug-likeness (QED) is 0.821. The molecule has 0 spiro atoms. The first-order chi connectivity index (χ1) is 8.22. The van der Waals surface area contributed by atoms with Gasteiger partial charge in [0.05, 0.1) is 0 Å². The smallest absolute Gasteiger partial charge is 0.0408 e. The standard InChI is InChI=1S/C14H19ClN2/c1-10-9-17(5-4-16-10)14-7-11-2-3-13(15)6-12(11)8-14/h2-3,6,10,14,16H,4-5,7-9H2,1H3/t10-,14-/m0/s1. The Labute approximate surface area is 108 Å². The predicted molar refractivity (Wildman–Crippen MR) is 71.7 cm³/mol. The number of fused-ring (bicyclic) bond motifs is 1. The van der Waals surface area contributed by atoms with Crippen molar-refractivity contribution in [3.8, 4) is 0 Å². The molecule has 1 aromatic rings. The highest BCUT2D eigenvalue weighted by Crippen LogP contribution is 2.28. The number of nitrogens with zero attached hydrogens (tertiary/aromatic N) is 1. The van der Waals surface area contributed by atoms with Gasteiger partial charge < -0.3 is 5.32 Å². The molecule has 3 heteroatoms. The third-order valence-corrected chi connectivity index (χ3v) is 4.23. The van der Waals surface area contributed by atoms with Gasteiger partial charge in [0.2, 0.25) is 0 Å². The Kier molecular flexibility index (Phi) is 3.12. The van der Waals surface area contributed by atoms with Crippen LogP contribution in [0.3, 0.4) is 0 Å². The second kappa shape index (κ2) is 4.60. The number of hydrogen-bond acceptors (Lipinski definition) is 2. The minimum Gasteiger partial charge on any atom is -0.312 e. The SMILES string of the molecule is C[C@H]1CN([C@H]2Cc3ccc(Cl)cc3C2)CCN1. The van der Waals surface area contributed by atoms with Crippen molar-refractivity contribution in [3.63, 3.8) is 0 Å². The van der Waals surface area contributed by atoms with Crippen LogP contribution < -0.4 is 5.32 Å². The van der Waals surface area contributed by atoms with Crippen molar-refractivity contribution in [3.05, 3.63) is 34.3 Å². The zero-order valence-corrected chi connectivity index (χ0v) is 11.0. The maximum atomic E-state index is 6.06.